The van der Waals surface area contributed by atoms with Crippen molar-refractivity contribution >= 4 is 5.69 Å². The summed E-state index contributed by atoms with van der Waals surface area (Å²) in [6.07, 6.45) is 2.12. The van der Waals surface area contributed by atoms with E-state index in [0.717, 1.165) is 38.2 Å². The first-order valence-corrected chi connectivity index (χ1v) is 7.62. The Morgan fingerprint density at radius 1 is 1.05 bits per heavy atom. The van der Waals surface area contributed by atoms with Crippen molar-refractivity contribution in [2.24, 2.45) is 5.73 Å². The van der Waals surface area contributed by atoms with Gasteiger partial charge in [-0.05, 0) is 36.6 Å². The summed E-state index contributed by atoms with van der Waals surface area (Å²) in [6.45, 7) is 3.43. The second-order valence-electron chi connectivity index (χ2n) is 5.42. The van der Waals surface area contributed by atoms with Gasteiger partial charge in [-0.25, -0.2) is 0 Å². The van der Waals surface area contributed by atoms with Crippen LogP contribution in [0.2, 0.25) is 0 Å². The molecule has 0 fully saturated rings. The zero-order valence-corrected chi connectivity index (χ0v) is 12.3. The molecule has 0 aromatic heterocycles. The van der Waals surface area contributed by atoms with Crippen LogP contribution in [0, 0.1) is 0 Å². The third-order valence-electron chi connectivity index (χ3n) is 3.92. The second-order valence-corrected chi connectivity index (χ2v) is 5.42. The van der Waals surface area contributed by atoms with E-state index in [1.165, 1.54) is 16.8 Å². The van der Waals surface area contributed by atoms with E-state index in [2.05, 4.69) is 35.2 Å². The molecule has 1 aliphatic rings. The van der Waals surface area contributed by atoms with Gasteiger partial charge in [-0.15, -0.1) is 0 Å². The van der Waals surface area contributed by atoms with E-state index in [1.807, 2.05) is 18.2 Å². The summed E-state index contributed by atoms with van der Waals surface area (Å²) >= 11 is 0. The van der Waals surface area contributed by atoms with Crippen molar-refractivity contribution in [3.8, 4) is 5.75 Å². The first-order chi connectivity index (χ1) is 10.4. The lowest BCUT2D eigenvalue weighted by atomic mass is 10.1. The predicted molar refractivity (Wildman–Crippen MR) is 86.8 cm³/mol. The van der Waals surface area contributed by atoms with E-state index in [-0.39, 0.29) is 0 Å². The van der Waals surface area contributed by atoms with E-state index in [4.69, 9.17) is 10.5 Å². The van der Waals surface area contributed by atoms with Crippen molar-refractivity contribution in [2.75, 3.05) is 24.5 Å². The minimum Gasteiger partial charge on any atom is -0.487 e. The van der Waals surface area contributed by atoms with E-state index >= 15 is 0 Å². The van der Waals surface area contributed by atoms with Crippen molar-refractivity contribution in [2.45, 2.75) is 19.4 Å². The van der Waals surface area contributed by atoms with Gasteiger partial charge in [0.1, 0.15) is 12.4 Å². The molecule has 0 bridgehead atoms. The summed E-state index contributed by atoms with van der Waals surface area (Å²) < 4.78 is 6.07. The molecule has 2 aromatic carbocycles. The fourth-order valence-corrected chi connectivity index (χ4v) is 2.85. The van der Waals surface area contributed by atoms with Crippen LogP contribution in [0.25, 0.3) is 0 Å². The summed E-state index contributed by atoms with van der Waals surface area (Å²) in [6, 6.07) is 16.7. The van der Waals surface area contributed by atoms with E-state index in [1.54, 1.807) is 0 Å². The maximum absolute atomic E-state index is 6.07. The summed E-state index contributed by atoms with van der Waals surface area (Å²) in [5.41, 5.74) is 9.49. The fourth-order valence-electron chi connectivity index (χ4n) is 2.85. The molecule has 3 nitrogen and oxygen atoms in total. The molecule has 0 amide bonds. The zero-order valence-electron chi connectivity index (χ0n) is 12.3. The third-order valence-corrected chi connectivity index (χ3v) is 3.92. The molecule has 0 spiro atoms. The average Bonchev–Trinajstić information content (AvgIpc) is 2.96. The lowest BCUT2D eigenvalue weighted by Gasteiger charge is -2.22. The van der Waals surface area contributed by atoms with E-state index in [0.29, 0.717) is 6.61 Å². The molecular formula is C18H22N2O. The Labute approximate surface area is 126 Å². The van der Waals surface area contributed by atoms with Crippen LogP contribution in [0.4, 0.5) is 5.69 Å². The highest BCUT2D eigenvalue weighted by atomic mass is 16.5. The minimum absolute atomic E-state index is 0.613. The Morgan fingerprint density at radius 3 is 2.71 bits per heavy atom. The normalized spacial score (nSPS) is 13.3. The number of ether oxygens (including phenoxy) is 1. The van der Waals surface area contributed by atoms with Crippen LogP contribution < -0.4 is 15.4 Å². The van der Waals surface area contributed by atoms with Gasteiger partial charge in [0, 0.05) is 13.1 Å². The van der Waals surface area contributed by atoms with Gasteiger partial charge in [0.2, 0.25) is 0 Å². The largest absolute Gasteiger partial charge is 0.487 e. The lowest BCUT2D eigenvalue weighted by molar-refractivity contribution is 0.307. The standard InChI is InChI=1S/C18H22N2O/c19-11-5-12-20-13-10-16-8-4-9-17(18(16)20)21-14-15-6-2-1-3-7-15/h1-4,6-9H,5,10-14,19H2. The Balaban J connectivity index is 1.75. The summed E-state index contributed by atoms with van der Waals surface area (Å²) in [7, 11) is 0. The summed E-state index contributed by atoms with van der Waals surface area (Å²) in [5.74, 6) is 0.992. The molecule has 110 valence electrons. The van der Waals surface area contributed by atoms with Crippen LogP contribution in [-0.2, 0) is 13.0 Å². The quantitative estimate of drug-likeness (QED) is 0.885. The molecular weight excluding hydrogens is 260 g/mol. The highest BCUT2D eigenvalue weighted by molar-refractivity contribution is 5.67. The molecule has 0 radical (unpaired) electrons. The van der Waals surface area contributed by atoms with Gasteiger partial charge in [-0.3, -0.25) is 0 Å². The highest BCUT2D eigenvalue weighted by Crippen LogP contribution is 2.37. The van der Waals surface area contributed by atoms with Gasteiger partial charge in [0.15, 0.2) is 0 Å². The van der Waals surface area contributed by atoms with Crippen molar-refractivity contribution < 1.29 is 4.74 Å². The van der Waals surface area contributed by atoms with Crippen LogP contribution >= 0.6 is 0 Å². The minimum atomic E-state index is 0.613. The average molecular weight is 282 g/mol. The number of nitrogens with zero attached hydrogens (tertiary/aromatic N) is 1. The topological polar surface area (TPSA) is 38.5 Å². The van der Waals surface area contributed by atoms with Gasteiger partial charge in [0.05, 0.1) is 5.69 Å². The Hall–Kier alpha value is -2.00. The molecule has 0 unspecified atom stereocenters. The molecule has 0 aliphatic carbocycles. The SMILES string of the molecule is NCCCN1CCc2cccc(OCc3ccccc3)c21. The number of nitrogens with two attached hydrogens (primary N) is 1. The van der Waals surface area contributed by atoms with Gasteiger partial charge < -0.3 is 15.4 Å². The molecule has 0 saturated heterocycles. The van der Waals surface area contributed by atoms with Gasteiger partial charge in [-0.1, -0.05) is 42.5 Å². The number of anilines is 1. The third kappa shape index (κ3) is 3.19. The highest BCUT2D eigenvalue weighted by Gasteiger charge is 2.22. The number of hydrogen-bond donors (Lipinski definition) is 1. The molecule has 0 saturated carbocycles. The number of hydrogen-bond acceptors (Lipinski definition) is 3. The molecule has 3 rings (SSSR count). The Morgan fingerprint density at radius 2 is 1.90 bits per heavy atom. The summed E-state index contributed by atoms with van der Waals surface area (Å²) in [4.78, 5) is 2.41. The van der Waals surface area contributed by atoms with Gasteiger partial charge >= 0.3 is 0 Å². The number of rotatable bonds is 6. The molecule has 2 aromatic rings. The maximum atomic E-state index is 6.07. The van der Waals surface area contributed by atoms with E-state index in [9.17, 15) is 0 Å². The summed E-state index contributed by atoms with van der Waals surface area (Å²) in [5, 5.41) is 0. The lowest BCUT2D eigenvalue weighted by Crippen LogP contribution is -2.24. The molecule has 21 heavy (non-hydrogen) atoms. The zero-order chi connectivity index (χ0) is 14.5. The first-order valence-electron chi connectivity index (χ1n) is 7.62. The Kier molecular flexibility index (Phi) is 4.41. The molecule has 1 heterocycles. The Bertz CT molecular complexity index is 583. The molecule has 3 heteroatoms. The first kappa shape index (κ1) is 14.0. The van der Waals surface area contributed by atoms with Crippen molar-refractivity contribution in [3.05, 3.63) is 59.7 Å². The number of para-hydroxylation sites is 1. The predicted octanol–water partition coefficient (Wildman–Crippen LogP) is 2.98. The van der Waals surface area contributed by atoms with E-state index < -0.39 is 0 Å². The van der Waals surface area contributed by atoms with Crippen LogP contribution in [-0.4, -0.2) is 19.6 Å². The number of fused-ring (bicyclic) bond motifs is 1. The van der Waals surface area contributed by atoms with Crippen LogP contribution in [0.5, 0.6) is 5.75 Å². The molecule has 0 atom stereocenters. The van der Waals surface area contributed by atoms with Crippen LogP contribution in [0.1, 0.15) is 17.5 Å². The van der Waals surface area contributed by atoms with Gasteiger partial charge in [-0.2, -0.15) is 0 Å². The van der Waals surface area contributed by atoms with Crippen molar-refractivity contribution in [3.63, 3.8) is 0 Å². The maximum Gasteiger partial charge on any atom is 0.143 e. The smallest absolute Gasteiger partial charge is 0.143 e. The monoisotopic (exact) mass is 282 g/mol. The molecule has 1 aliphatic heterocycles. The molecule has 2 N–H and O–H groups in total. The van der Waals surface area contributed by atoms with Crippen LogP contribution in [0.15, 0.2) is 48.5 Å². The van der Waals surface area contributed by atoms with Gasteiger partial charge in [0.25, 0.3) is 0 Å². The fraction of sp³-hybridized carbons (Fsp3) is 0.333. The van der Waals surface area contributed by atoms with Crippen LogP contribution in [0.3, 0.4) is 0 Å². The van der Waals surface area contributed by atoms with Crippen molar-refractivity contribution in [1.82, 2.24) is 0 Å². The number of benzene rings is 2. The second kappa shape index (κ2) is 6.64. The van der Waals surface area contributed by atoms with Crippen molar-refractivity contribution in [1.29, 1.82) is 0 Å².